The molecular formula is C53H31N3O2. The lowest BCUT2D eigenvalue weighted by atomic mass is 9.97. The van der Waals surface area contributed by atoms with Crippen LogP contribution in [0.15, 0.2) is 197 Å². The van der Waals surface area contributed by atoms with Gasteiger partial charge in [-0.2, -0.15) is 0 Å². The standard InChI is InChI=1S/C53H31N3O2/c1-2-9-32(10-3-1)37-24-19-34-20-26-39(30-40(34)29-37)52-54-51(55-53(56-52)43-13-8-16-47-49(43)41-11-4-6-14-45(41)57-47)36-22-17-33(18-23-36)38-25-21-35-27-28-48-50(44(35)31-38)42-12-5-7-15-46(42)58-48/h1-31H. The van der Waals surface area contributed by atoms with Crippen LogP contribution in [0, 0.1) is 0 Å². The number of furan rings is 2. The van der Waals surface area contributed by atoms with Crippen molar-refractivity contribution in [2.75, 3.05) is 0 Å². The largest absolute Gasteiger partial charge is 0.456 e. The first kappa shape index (κ1) is 32.4. The van der Waals surface area contributed by atoms with Crippen molar-refractivity contribution in [2.45, 2.75) is 0 Å². The van der Waals surface area contributed by atoms with E-state index in [1.54, 1.807) is 0 Å². The zero-order valence-electron chi connectivity index (χ0n) is 31.1. The van der Waals surface area contributed by atoms with E-state index in [0.29, 0.717) is 17.5 Å². The molecule has 0 unspecified atom stereocenters. The molecule has 0 saturated heterocycles. The van der Waals surface area contributed by atoms with Gasteiger partial charge in [-0.25, -0.2) is 15.0 Å². The van der Waals surface area contributed by atoms with Gasteiger partial charge in [-0.3, -0.25) is 0 Å². The number of rotatable bonds is 5. The molecule has 0 aliphatic rings. The molecule has 0 radical (unpaired) electrons. The SMILES string of the molecule is c1ccc(-c2ccc3ccc(-c4nc(-c5ccc(-c6ccc7ccc8oc9ccccc9c8c7c6)cc5)nc(-c5cccc6oc7ccccc7c56)n4)cc3c2)cc1. The zero-order chi connectivity index (χ0) is 38.2. The zero-order valence-corrected chi connectivity index (χ0v) is 31.1. The van der Waals surface area contributed by atoms with Crippen LogP contribution < -0.4 is 0 Å². The van der Waals surface area contributed by atoms with Crippen molar-refractivity contribution in [2.24, 2.45) is 0 Å². The molecule has 0 aliphatic heterocycles. The Hall–Kier alpha value is -7.89. The van der Waals surface area contributed by atoms with E-state index in [1.165, 1.54) is 16.3 Å². The van der Waals surface area contributed by atoms with Gasteiger partial charge < -0.3 is 8.83 Å². The highest BCUT2D eigenvalue weighted by Crippen LogP contribution is 2.39. The Morgan fingerprint density at radius 2 is 0.793 bits per heavy atom. The second-order valence-corrected chi connectivity index (χ2v) is 14.8. The van der Waals surface area contributed by atoms with E-state index in [9.17, 15) is 0 Å². The fourth-order valence-corrected chi connectivity index (χ4v) is 8.45. The lowest BCUT2D eigenvalue weighted by Crippen LogP contribution is -2.00. The number of para-hydroxylation sites is 2. The quantitative estimate of drug-likeness (QED) is 0.176. The Kier molecular flexibility index (Phi) is 7.16. The maximum Gasteiger partial charge on any atom is 0.164 e. The summed E-state index contributed by atoms with van der Waals surface area (Å²) in [5.41, 5.74) is 10.7. The molecule has 0 atom stereocenters. The van der Waals surface area contributed by atoms with Crippen LogP contribution in [-0.2, 0) is 0 Å². The summed E-state index contributed by atoms with van der Waals surface area (Å²) in [5, 5.41) is 8.89. The Morgan fingerprint density at radius 3 is 1.57 bits per heavy atom. The third-order valence-electron chi connectivity index (χ3n) is 11.3. The first-order valence-corrected chi connectivity index (χ1v) is 19.4. The molecule has 58 heavy (non-hydrogen) atoms. The van der Waals surface area contributed by atoms with Gasteiger partial charge in [0.25, 0.3) is 0 Å². The maximum atomic E-state index is 6.29. The van der Waals surface area contributed by atoms with E-state index in [-0.39, 0.29) is 0 Å². The molecule has 0 aliphatic carbocycles. The summed E-state index contributed by atoms with van der Waals surface area (Å²) in [6.45, 7) is 0. The summed E-state index contributed by atoms with van der Waals surface area (Å²) in [7, 11) is 0. The topological polar surface area (TPSA) is 65.0 Å². The van der Waals surface area contributed by atoms with Gasteiger partial charge in [0, 0.05) is 38.2 Å². The summed E-state index contributed by atoms with van der Waals surface area (Å²) in [4.78, 5) is 15.5. The van der Waals surface area contributed by atoms with E-state index in [4.69, 9.17) is 23.8 Å². The average Bonchev–Trinajstić information content (AvgIpc) is 3.88. The second kappa shape index (κ2) is 12.8. The molecule has 0 spiro atoms. The molecule has 0 amide bonds. The molecule has 270 valence electrons. The van der Waals surface area contributed by atoms with Crippen LogP contribution in [0.1, 0.15) is 0 Å². The van der Waals surface area contributed by atoms with Gasteiger partial charge in [-0.15, -0.1) is 0 Å². The number of nitrogens with zero attached hydrogens (tertiary/aromatic N) is 3. The van der Waals surface area contributed by atoms with Crippen LogP contribution in [0.3, 0.4) is 0 Å². The number of hydrogen-bond acceptors (Lipinski definition) is 5. The third kappa shape index (κ3) is 5.29. The molecule has 0 saturated carbocycles. The summed E-state index contributed by atoms with van der Waals surface area (Å²) in [6.07, 6.45) is 0. The molecule has 12 aromatic rings. The molecule has 12 rings (SSSR count). The van der Waals surface area contributed by atoms with Gasteiger partial charge in [0.05, 0.1) is 0 Å². The van der Waals surface area contributed by atoms with Crippen molar-refractivity contribution in [3.63, 3.8) is 0 Å². The maximum absolute atomic E-state index is 6.29. The van der Waals surface area contributed by atoms with Crippen molar-refractivity contribution >= 4 is 65.4 Å². The van der Waals surface area contributed by atoms with Gasteiger partial charge in [-0.05, 0) is 86.3 Å². The fraction of sp³-hybridized carbons (Fsp3) is 0. The first-order chi connectivity index (χ1) is 28.7. The normalized spacial score (nSPS) is 11.8. The number of fused-ring (bicyclic) bond motifs is 9. The molecule has 3 aromatic heterocycles. The summed E-state index contributed by atoms with van der Waals surface area (Å²) >= 11 is 0. The molecule has 0 fully saturated rings. The Labute approximate surface area is 332 Å². The average molecular weight is 742 g/mol. The Bertz CT molecular complexity index is 3570. The molecule has 9 aromatic carbocycles. The second-order valence-electron chi connectivity index (χ2n) is 14.8. The number of aromatic nitrogens is 3. The van der Waals surface area contributed by atoms with E-state index in [2.05, 4.69) is 140 Å². The van der Waals surface area contributed by atoms with E-state index < -0.39 is 0 Å². The highest BCUT2D eigenvalue weighted by Gasteiger charge is 2.18. The first-order valence-electron chi connectivity index (χ1n) is 19.4. The van der Waals surface area contributed by atoms with Gasteiger partial charge in [0.1, 0.15) is 22.3 Å². The highest BCUT2D eigenvalue weighted by molar-refractivity contribution is 6.19. The molecule has 5 nitrogen and oxygen atoms in total. The van der Waals surface area contributed by atoms with Gasteiger partial charge >= 0.3 is 0 Å². The lowest BCUT2D eigenvalue weighted by Gasteiger charge is -2.11. The van der Waals surface area contributed by atoms with Crippen molar-refractivity contribution in [1.29, 1.82) is 0 Å². The predicted molar refractivity (Wildman–Crippen MR) is 237 cm³/mol. The smallest absolute Gasteiger partial charge is 0.164 e. The molecule has 5 heteroatoms. The van der Waals surface area contributed by atoms with Crippen LogP contribution in [0.2, 0.25) is 0 Å². The van der Waals surface area contributed by atoms with Crippen molar-refractivity contribution in [3.05, 3.63) is 188 Å². The Balaban J connectivity index is 1.00. The minimum Gasteiger partial charge on any atom is -0.456 e. The van der Waals surface area contributed by atoms with Gasteiger partial charge in [0.2, 0.25) is 0 Å². The van der Waals surface area contributed by atoms with E-state index >= 15 is 0 Å². The summed E-state index contributed by atoms with van der Waals surface area (Å²) in [6, 6.07) is 65.3. The van der Waals surface area contributed by atoms with Crippen LogP contribution in [0.5, 0.6) is 0 Å². The number of hydrogen-bond donors (Lipinski definition) is 0. The Morgan fingerprint density at radius 1 is 0.276 bits per heavy atom. The van der Waals surface area contributed by atoms with Crippen molar-refractivity contribution in [1.82, 2.24) is 15.0 Å². The van der Waals surface area contributed by atoms with Crippen LogP contribution in [-0.4, -0.2) is 15.0 Å². The third-order valence-corrected chi connectivity index (χ3v) is 11.3. The van der Waals surface area contributed by atoms with Gasteiger partial charge in [0.15, 0.2) is 17.5 Å². The molecule has 3 heterocycles. The number of benzene rings is 9. The highest BCUT2D eigenvalue weighted by atomic mass is 16.3. The van der Waals surface area contributed by atoms with Gasteiger partial charge in [-0.1, -0.05) is 146 Å². The fourth-order valence-electron chi connectivity index (χ4n) is 8.45. The van der Waals surface area contributed by atoms with Crippen molar-refractivity contribution < 1.29 is 8.83 Å². The molecule has 0 bridgehead atoms. The minimum absolute atomic E-state index is 0.588. The summed E-state index contributed by atoms with van der Waals surface area (Å²) in [5.74, 6) is 1.79. The predicted octanol–water partition coefficient (Wildman–Crippen LogP) is 14.3. The minimum atomic E-state index is 0.588. The van der Waals surface area contributed by atoms with E-state index in [0.717, 1.165) is 88.0 Å². The molecular weight excluding hydrogens is 711 g/mol. The van der Waals surface area contributed by atoms with Crippen LogP contribution in [0.4, 0.5) is 0 Å². The van der Waals surface area contributed by atoms with Crippen LogP contribution >= 0.6 is 0 Å². The molecule has 0 N–H and O–H groups in total. The summed E-state index contributed by atoms with van der Waals surface area (Å²) < 4.78 is 12.5. The van der Waals surface area contributed by atoms with Crippen molar-refractivity contribution in [3.8, 4) is 56.4 Å². The van der Waals surface area contributed by atoms with E-state index in [1.807, 2.05) is 48.5 Å². The lowest BCUT2D eigenvalue weighted by molar-refractivity contribution is 0.668. The van der Waals surface area contributed by atoms with Crippen LogP contribution in [0.25, 0.3) is 122 Å². The monoisotopic (exact) mass is 741 g/mol.